The van der Waals surface area contributed by atoms with Gasteiger partial charge in [-0.25, -0.2) is 4.79 Å². The Kier molecular flexibility index (Phi) is 3.26. The molecular formula is C11H12BrNO2. The number of carbonyl (C=O) groups is 1. The number of ether oxygens (including phenoxy) is 1. The zero-order valence-corrected chi connectivity index (χ0v) is 9.87. The van der Waals surface area contributed by atoms with Crippen LogP contribution in [0.15, 0.2) is 28.7 Å². The van der Waals surface area contributed by atoms with E-state index in [9.17, 15) is 4.79 Å². The van der Waals surface area contributed by atoms with Crippen molar-refractivity contribution in [3.63, 3.8) is 0 Å². The summed E-state index contributed by atoms with van der Waals surface area (Å²) >= 11 is 3.34. The molecule has 0 atom stereocenters. The number of nitrogens with zero attached hydrogens (tertiary/aromatic N) is 1. The number of hydrogen-bond acceptors (Lipinski definition) is 2. The SMILES string of the molecule is O=C(Oc1ccccc1Br)N1CCCC1. The van der Waals surface area contributed by atoms with Gasteiger partial charge in [-0.15, -0.1) is 0 Å². The number of amides is 1. The van der Waals surface area contributed by atoms with Crippen LogP contribution in [0, 0.1) is 0 Å². The van der Waals surface area contributed by atoms with E-state index >= 15 is 0 Å². The van der Waals surface area contributed by atoms with E-state index in [0.717, 1.165) is 30.4 Å². The van der Waals surface area contributed by atoms with Gasteiger partial charge in [-0.3, -0.25) is 0 Å². The molecule has 1 fully saturated rings. The minimum atomic E-state index is -0.251. The molecule has 1 aliphatic heterocycles. The van der Waals surface area contributed by atoms with Crippen LogP contribution in [0.4, 0.5) is 4.79 Å². The highest BCUT2D eigenvalue weighted by Crippen LogP contribution is 2.24. The maximum absolute atomic E-state index is 11.6. The van der Waals surface area contributed by atoms with Gasteiger partial charge in [0.1, 0.15) is 5.75 Å². The average Bonchev–Trinajstić information content (AvgIpc) is 2.74. The Morgan fingerprint density at radius 1 is 1.27 bits per heavy atom. The van der Waals surface area contributed by atoms with Gasteiger partial charge in [0.25, 0.3) is 0 Å². The molecule has 2 rings (SSSR count). The Balaban J connectivity index is 2.02. The number of carbonyl (C=O) groups excluding carboxylic acids is 1. The van der Waals surface area contributed by atoms with Crippen LogP contribution in [-0.4, -0.2) is 24.1 Å². The fourth-order valence-electron chi connectivity index (χ4n) is 1.59. The number of likely N-dealkylation sites (tertiary alicyclic amines) is 1. The highest BCUT2D eigenvalue weighted by atomic mass is 79.9. The van der Waals surface area contributed by atoms with Gasteiger partial charge in [-0.2, -0.15) is 0 Å². The highest BCUT2D eigenvalue weighted by Gasteiger charge is 2.20. The van der Waals surface area contributed by atoms with Crippen molar-refractivity contribution in [1.29, 1.82) is 0 Å². The summed E-state index contributed by atoms with van der Waals surface area (Å²) in [6.07, 6.45) is 1.90. The normalized spacial score (nSPS) is 15.4. The van der Waals surface area contributed by atoms with Crippen molar-refractivity contribution in [3.8, 4) is 5.75 Å². The van der Waals surface area contributed by atoms with Crippen molar-refractivity contribution in [2.45, 2.75) is 12.8 Å². The second-order valence-electron chi connectivity index (χ2n) is 3.49. The third-order valence-electron chi connectivity index (χ3n) is 2.40. The molecule has 0 unspecified atom stereocenters. The topological polar surface area (TPSA) is 29.5 Å². The lowest BCUT2D eigenvalue weighted by atomic mass is 10.3. The molecule has 1 aromatic rings. The van der Waals surface area contributed by atoms with E-state index in [1.807, 2.05) is 18.2 Å². The summed E-state index contributed by atoms with van der Waals surface area (Å²) in [4.78, 5) is 13.4. The molecule has 0 aromatic heterocycles. The maximum Gasteiger partial charge on any atom is 0.415 e. The van der Waals surface area contributed by atoms with E-state index in [-0.39, 0.29) is 6.09 Å². The fourth-order valence-corrected chi connectivity index (χ4v) is 1.95. The third kappa shape index (κ3) is 2.50. The standard InChI is InChI=1S/C11H12BrNO2/c12-9-5-1-2-6-10(9)15-11(14)13-7-3-4-8-13/h1-2,5-6H,3-4,7-8H2. The first kappa shape index (κ1) is 10.5. The minimum absolute atomic E-state index is 0.251. The first-order chi connectivity index (χ1) is 7.27. The van der Waals surface area contributed by atoms with E-state index in [4.69, 9.17) is 4.74 Å². The second-order valence-corrected chi connectivity index (χ2v) is 4.35. The lowest BCUT2D eigenvalue weighted by Gasteiger charge is -2.15. The lowest BCUT2D eigenvalue weighted by Crippen LogP contribution is -2.30. The number of halogens is 1. The first-order valence-corrected chi connectivity index (χ1v) is 5.78. The minimum Gasteiger partial charge on any atom is -0.409 e. The molecule has 0 spiro atoms. The zero-order valence-electron chi connectivity index (χ0n) is 8.28. The molecule has 0 saturated carbocycles. The average molecular weight is 270 g/mol. The van der Waals surface area contributed by atoms with Gasteiger partial charge in [0.2, 0.25) is 0 Å². The molecular weight excluding hydrogens is 258 g/mol. The van der Waals surface area contributed by atoms with Gasteiger partial charge in [0.15, 0.2) is 0 Å². The largest absolute Gasteiger partial charge is 0.415 e. The molecule has 1 aromatic carbocycles. The molecule has 1 heterocycles. The highest BCUT2D eigenvalue weighted by molar-refractivity contribution is 9.10. The van der Waals surface area contributed by atoms with Crippen LogP contribution in [0.5, 0.6) is 5.75 Å². The second kappa shape index (κ2) is 4.66. The van der Waals surface area contributed by atoms with Gasteiger partial charge in [-0.05, 0) is 40.9 Å². The molecule has 1 amide bonds. The van der Waals surface area contributed by atoms with E-state index in [0.29, 0.717) is 5.75 Å². The van der Waals surface area contributed by atoms with Crippen LogP contribution in [0.3, 0.4) is 0 Å². The summed E-state index contributed by atoms with van der Waals surface area (Å²) in [6.45, 7) is 1.62. The van der Waals surface area contributed by atoms with Gasteiger partial charge < -0.3 is 9.64 Å². The van der Waals surface area contributed by atoms with E-state index in [2.05, 4.69) is 15.9 Å². The number of benzene rings is 1. The molecule has 0 bridgehead atoms. The quantitative estimate of drug-likeness (QED) is 0.785. The van der Waals surface area contributed by atoms with E-state index in [1.54, 1.807) is 11.0 Å². The Morgan fingerprint density at radius 3 is 2.60 bits per heavy atom. The Morgan fingerprint density at radius 2 is 1.93 bits per heavy atom. The molecule has 1 saturated heterocycles. The van der Waals surface area contributed by atoms with Crippen LogP contribution >= 0.6 is 15.9 Å². The summed E-state index contributed by atoms with van der Waals surface area (Å²) in [5.41, 5.74) is 0. The maximum atomic E-state index is 11.6. The van der Waals surface area contributed by atoms with Gasteiger partial charge in [-0.1, -0.05) is 12.1 Å². The molecule has 4 heteroatoms. The Labute approximate surface area is 97.2 Å². The number of rotatable bonds is 1. The van der Waals surface area contributed by atoms with Crippen molar-refractivity contribution < 1.29 is 9.53 Å². The lowest BCUT2D eigenvalue weighted by molar-refractivity contribution is 0.162. The zero-order chi connectivity index (χ0) is 10.7. The van der Waals surface area contributed by atoms with Crippen molar-refractivity contribution in [1.82, 2.24) is 4.90 Å². The molecule has 80 valence electrons. The number of para-hydroxylation sites is 1. The summed E-state index contributed by atoms with van der Waals surface area (Å²) in [6, 6.07) is 7.36. The fraction of sp³-hybridized carbons (Fsp3) is 0.364. The van der Waals surface area contributed by atoms with Gasteiger partial charge in [0, 0.05) is 13.1 Å². The molecule has 3 nitrogen and oxygen atoms in total. The molecule has 0 aliphatic carbocycles. The van der Waals surface area contributed by atoms with E-state index < -0.39 is 0 Å². The summed E-state index contributed by atoms with van der Waals surface area (Å²) in [5.74, 6) is 0.578. The first-order valence-electron chi connectivity index (χ1n) is 4.98. The van der Waals surface area contributed by atoms with Crippen LogP contribution in [-0.2, 0) is 0 Å². The molecule has 15 heavy (non-hydrogen) atoms. The summed E-state index contributed by atoms with van der Waals surface area (Å²) < 4.78 is 6.07. The summed E-state index contributed by atoms with van der Waals surface area (Å²) in [5, 5.41) is 0. The molecule has 0 N–H and O–H groups in total. The van der Waals surface area contributed by atoms with Gasteiger partial charge in [0.05, 0.1) is 4.47 Å². The smallest absolute Gasteiger partial charge is 0.409 e. The molecule has 1 aliphatic rings. The van der Waals surface area contributed by atoms with Crippen LogP contribution < -0.4 is 4.74 Å². The van der Waals surface area contributed by atoms with Crippen LogP contribution in [0.25, 0.3) is 0 Å². The predicted molar refractivity (Wildman–Crippen MR) is 61.0 cm³/mol. The molecule has 0 radical (unpaired) electrons. The van der Waals surface area contributed by atoms with Crippen molar-refractivity contribution in [2.75, 3.05) is 13.1 Å². The van der Waals surface area contributed by atoms with Gasteiger partial charge >= 0.3 is 6.09 Å². The summed E-state index contributed by atoms with van der Waals surface area (Å²) in [7, 11) is 0. The number of hydrogen-bond donors (Lipinski definition) is 0. The predicted octanol–water partition coefficient (Wildman–Crippen LogP) is 3.04. The van der Waals surface area contributed by atoms with Crippen LogP contribution in [0.1, 0.15) is 12.8 Å². The van der Waals surface area contributed by atoms with Crippen molar-refractivity contribution >= 4 is 22.0 Å². The Hall–Kier alpha value is -1.03. The van der Waals surface area contributed by atoms with Crippen molar-refractivity contribution in [3.05, 3.63) is 28.7 Å². The third-order valence-corrected chi connectivity index (χ3v) is 3.05. The van der Waals surface area contributed by atoms with E-state index in [1.165, 1.54) is 0 Å². The monoisotopic (exact) mass is 269 g/mol. The van der Waals surface area contributed by atoms with Crippen LogP contribution in [0.2, 0.25) is 0 Å². The Bertz CT molecular complexity index is 361. The van der Waals surface area contributed by atoms with Crippen molar-refractivity contribution in [2.24, 2.45) is 0 Å².